The van der Waals surface area contributed by atoms with E-state index in [2.05, 4.69) is 18.3 Å². The minimum absolute atomic E-state index is 0.523. The summed E-state index contributed by atoms with van der Waals surface area (Å²) < 4.78 is 5.73. The van der Waals surface area contributed by atoms with Crippen molar-refractivity contribution in [2.75, 3.05) is 13.2 Å². The molecule has 2 nitrogen and oxygen atoms in total. The molecule has 0 unspecified atom stereocenters. The van der Waals surface area contributed by atoms with E-state index in [1.165, 1.54) is 24.8 Å². The first-order chi connectivity index (χ1) is 9.69. The van der Waals surface area contributed by atoms with Gasteiger partial charge in [-0.15, -0.1) is 0 Å². The van der Waals surface area contributed by atoms with E-state index in [1.54, 1.807) is 0 Å². The van der Waals surface area contributed by atoms with Crippen molar-refractivity contribution in [2.45, 2.75) is 44.2 Å². The summed E-state index contributed by atoms with van der Waals surface area (Å²) in [5, 5.41) is 5.03. The fourth-order valence-corrected chi connectivity index (χ4v) is 4.05. The molecule has 2 heterocycles. The zero-order valence-corrected chi connectivity index (χ0v) is 13.3. The normalized spacial score (nSPS) is 32.5. The Morgan fingerprint density at radius 3 is 2.85 bits per heavy atom. The Labute approximate surface area is 130 Å². The minimum atomic E-state index is 0.523. The van der Waals surface area contributed by atoms with Crippen LogP contribution in [0.3, 0.4) is 0 Å². The average Bonchev–Trinajstić information content (AvgIpc) is 2.83. The molecule has 0 amide bonds. The van der Waals surface area contributed by atoms with Crippen LogP contribution in [-0.2, 0) is 4.74 Å². The van der Waals surface area contributed by atoms with Gasteiger partial charge in [0.15, 0.2) is 0 Å². The number of piperidine rings is 1. The van der Waals surface area contributed by atoms with E-state index in [0.29, 0.717) is 34.0 Å². The van der Waals surface area contributed by atoms with Gasteiger partial charge in [-0.3, -0.25) is 0 Å². The minimum Gasteiger partial charge on any atom is -0.381 e. The molecule has 4 heteroatoms. The third-order valence-corrected chi connectivity index (χ3v) is 5.47. The lowest BCUT2D eigenvalue weighted by molar-refractivity contribution is 0.0723. The molecule has 1 N–H and O–H groups in total. The molecule has 1 aromatic carbocycles. The highest BCUT2D eigenvalue weighted by Crippen LogP contribution is 2.42. The third-order valence-electron chi connectivity index (χ3n) is 4.73. The largest absolute Gasteiger partial charge is 0.381 e. The zero-order valence-electron chi connectivity index (χ0n) is 11.7. The highest BCUT2D eigenvalue weighted by Gasteiger charge is 2.42. The number of hydrogen-bond acceptors (Lipinski definition) is 2. The average molecular weight is 314 g/mol. The molecule has 0 aliphatic carbocycles. The molecule has 0 radical (unpaired) electrons. The third kappa shape index (κ3) is 2.85. The number of halogens is 2. The maximum Gasteiger partial charge on any atom is 0.0595 e. The highest BCUT2D eigenvalue weighted by atomic mass is 35.5. The zero-order chi connectivity index (χ0) is 14.1. The molecule has 2 aliphatic heterocycles. The van der Waals surface area contributed by atoms with Gasteiger partial charge in [-0.2, -0.15) is 0 Å². The lowest BCUT2D eigenvalue weighted by Crippen LogP contribution is -2.46. The lowest BCUT2D eigenvalue weighted by atomic mass is 9.77. The Kier molecular flexibility index (Phi) is 4.56. The predicted molar refractivity (Wildman–Crippen MR) is 83.7 cm³/mol. The number of nitrogens with one attached hydrogen (secondary N) is 1. The second-order valence-corrected chi connectivity index (χ2v) is 6.70. The van der Waals surface area contributed by atoms with Crippen LogP contribution in [-0.4, -0.2) is 25.3 Å². The molecule has 0 spiro atoms. The predicted octanol–water partition coefficient (Wildman–Crippen LogP) is 4.25. The molecule has 0 saturated carbocycles. The molecule has 1 aromatic rings. The maximum atomic E-state index is 6.19. The number of fused-ring (bicyclic) bond motifs is 2. The summed E-state index contributed by atoms with van der Waals surface area (Å²) in [6.07, 6.45) is 3.72. The fourth-order valence-electron chi connectivity index (χ4n) is 3.75. The molecule has 4 atom stereocenters. The second kappa shape index (κ2) is 6.23. The van der Waals surface area contributed by atoms with Crippen molar-refractivity contribution in [3.63, 3.8) is 0 Å². The molecule has 2 bridgehead atoms. The summed E-state index contributed by atoms with van der Waals surface area (Å²) in [5.74, 6) is 1.06. The van der Waals surface area contributed by atoms with Crippen molar-refractivity contribution in [1.29, 1.82) is 0 Å². The van der Waals surface area contributed by atoms with Gasteiger partial charge < -0.3 is 10.1 Å². The summed E-state index contributed by atoms with van der Waals surface area (Å²) in [5.41, 5.74) is 1.31. The fraction of sp³-hybridized carbons (Fsp3) is 0.625. The smallest absolute Gasteiger partial charge is 0.0595 e. The van der Waals surface area contributed by atoms with E-state index in [-0.39, 0.29) is 0 Å². The SMILES string of the molecule is CCOC[C@H]1[C@@H]2CC[C@H](C[C@@H]1c1ccc(Cl)c(Cl)c1)N2. The van der Waals surface area contributed by atoms with E-state index in [0.717, 1.165) is 13.2 Å². The monoisotopic (exact) mass is 313 g/mol. The van der Waals surface area contributed by atoms with Crippen molar-refractivity contribution in [3.8, 4) is 0 Å². The van der Waals surface area contributed by atoms with Crippen molar-refractivity contribution < 1.29 is 4.74 Å². The Balaban J connectivity index is 1.85. The van der Waals surface area contributed by atoms with Crippen molar-refractivity contribution in [1.82, 2.24) is 5.32 Å². The Morgan fingerprint density at radius 1 is 1.25 bits per heavy atom. The van der Waals surface area contributed by atoms with Crippen LogP contribution in [0.2, 0.25) is 10.0 Å². The van der Waals surface area contributed by atoms with Gasteiger partial charge in [-0.05, 0) is 49.8 Å². The van der Waals surface area contributed by atoms with Crippen LogP contribution in [0.5, 0.6) is 0 Å². The first-order valence-corrected chi connectivity index (χ1v) is 8.23. The summed E-state index contributed by atoms with van der Waals surface area (Å²) in [7, 11) is 0. The highest BCUT2D eigenvalue weighted by molar-refractivity contribution is 6.42. The summed E-state index contributed by atoms with van der Waals surface area (Å²) in [6.45, 7) is 3.66. The standard InChI is InChI=1S/C16H21Cl2NO/c1-2-20-9-13-12(8-11-4-6-16(13)19-11)10-3-5-14(17)15(18)7-10/h3,5,7,11-13,16,19H,2,4,6,8-9H2,1H3/t11-,12-,13-,16+/m1/s1. The van der Waals surface area contributed by atoms with Crippen molar-refractivity contribution in [2.24, 2.45) is 5.92 Å². The van der Waals surface area contributed by atoms with E-state index in [4.69, 9.17) is 27.9 Å². The van der Waals surface area contributed by atoms with Gasteiger partial charge in [0, 0.05) is 24.6 Å². The van der Waals surface area contributed by atoms with Crippen LogP contribution in [0.25, 0.3) is 0 Å². The summed E-state index contributed by atoms with van der Waals surface area (Å²) in [4.78, 5) is 0. The molecule has 2 saturated heterocycles. The number of benzene rings is 1. The van der Waals surface area contributed by atoms with E-state index < -0.39 is 0 Å². The lowest BCUT2D eigenvalue weighted by Gasteiger charge is -2.38. The first-order valence-electron chi connectivity index (χ1n) is 7.47. The Morgan fingerprint density at radius 2 is 2.10 bits per heavy atom. The number of ether oxygens (including phenoxy) is 1. The molecule has 0 aromatic heterocycles. The first kappa shape index (κ1) is 14.6. The maximum absolute atomic E-state index is 6.19. The number of hydrogen-bond donors (Lipinski definition) is 1. The van der Waals surface area contributed by atoms with Gasteiger partial charge >= 0.3 is 0 Å². The van der Waals surface area contributed by atoms with E-state index in [9.17, 15) is 0 Å². The van der Waals surface area contributed by atoms with Crippen LogP contribution in [0.4, 0.5) is 0 Å². The molecule has 2 aliphatic rings. The van der Waals surface area contributed by atoms with Gasteiger partial charge in [-0.1, -0.05) is 29.3 Å². The van der Waals surface area contributed by atoms with Gasteiger partial charge in [0.2, 0.25) is 0 Å². The van der Waals surface area contributed by atoms with Crippen LogP contribution in [0.15, 0.2) is 18.2 Å². The van der Waals surface area contributed by atoms with E-state index in [1.807, 2.05) is 12.1 Å². The van der Waals surface area contributed by atoms with Crippen molar-refractivity contribution in [3.05, 3.63) is 33.8 Å². The van der Waals surface area contributed by atoms with Gasteiger partial charge in [0.1, 0.15) is 0 Å². The van der Waals surface area contributed by atoms with Crippen LogP contribution in [0, 0.1) is 5.92 Å². The van der Waals surface area contributed by atoms with Gasteiger partial charge in [0.25, 0.3) is 0 Å². The topological polar surface area (TPSA) is 21.3 Å². The Bertz CT molecular complexity index is 480. The molecular weight excluding hydrogens is 293 g/mol. The van der Waals surface area contributed by atoms with Crippen LogP contribution in [0.1, 0.15) is 37.7 Å². The molecule has 110 valence electrons. The summed E-state index contributed by atoms with van der Waals surface area (Å²) >= 11 is 12.2. The molecular formula is C16H21Cl2NO. The molecule has 3 rings (SSSR count). The van der Waals surface area contributed by atoms with Gasteiger partial charge in [0.05, 0.1) is 16.7 Å². The van der Waals surface area contributed by atoms with E-state index >= 15 is 0 Å². The van der Waals surface area contributed by atoms with Gasteiger partial charge in [-0.25, -0.2) is 0 Å². The molecule has 2 fully saturated rings. The quantitative estimate of drug-likeness (QED) is 0.897. The second-order valence-electron chi connectivity index (χ2n) is 5.89. The van der Waals surface area contributed by atoms with Crippen LogP contribution >= 0.6 is 23.2 Å². The Hall–Kier alpha value is -0.280. The number of rotatable bonds is 4. The summed E-state index contributed by atoms with van der Waals surface area (Å²) in [6, 6.07) is 7.32. The van der Waals surface area contributed by atoms with Crippen LogP contribution < -0.4 is 5.32 Å². The van der Waals surface area contributed by atoms with Crippen molar-refractivity contribution >= 4 is 23.2 Å². The molecule has 20 heavy (non-hydrogen) atoms.